The van der Waals surface area contributed by atoms with Crippen molar-refractivity contribution in [1.82, 2.24) is 4.90 Å². The molecule has 0 aromatic rings. The van der Waals surface area contributed by atoms with Gasteiger partial charge in [0.25, 0.3) is 0 Å². The van der Waals surface area contributed by atoms with Crippen LogP contribution in [0.25, 0.3) is 0 Å². The monoisotopic (exact) mass is 276 g/mol. The smallest absolute Gasteiger partial charge is 0.0710 e. The summed E-state index contributed by atoms with van der Waals surface area (Å²) in [5.74, 6) is 0. The van der Waals surface area contributed by atoms with Crippen LogP contribution in [0.3, 0.4) is 0 Å². The zero-order chi connectivity index (χ0) is 14.1. The number of nitriles is 1. The van der Waals surface area contributed by atoms with Gasteiger partial charge in [0.2, 0.25) is 0 Å². The van der Waals surface area contributed by atoms with E-state index in [1.807, 2.05) is 0 Å². The van der Waals surface area contributed by atoms with E-state index in [1.54, 1.807) is 0 Å². The first-order valence-corrected chi connectivity index (χ1v) is 8.45. The molecule has 20 heavy (non-hydrogen) atoms. The minimum atomic E-state index is -0.0857. The highest BCUT2D eigenvalue weighted by atomic mass is 16.5. The van der Waals surface area contributed by atoms with Crippen molar-refractivity contribution in [3.8, 4) is 6.07 Å². The predicted octanol–water partition coefficient (Wildman–Crippen LogP) is 3.49. The Morgan fingerprint density at radius 1 is 1.10 bits per heavy atom. The van der Waals surface area contributed by atoms with Crippen LogP contribution in [-0.2, 0) is 4.74 Å². The SMILES string of the molecule is CC1(C#N)CCN(CC2CCC3(CCCCC3)O2)CC1. The number of likely N-dealkylation sites (tertiary alicyclic amines) is 1. The Morgan fingerprint density at radius 3 is 2.45 bits per heavy atom. The van der Waals surface area contributed by atoms with Gasteiger partial charge >= 0.3 is 0 Å². The summed E-state index contributed by atoms with van der Waals surface area (Å²) in [5, 5.41) is 9.19. The van der Waals surface area contributed by atoms with Gasteiger partial charge in [-0.15, -0.1) is 0 Å². The second kappa shape index (κ2) is 5.66. The summed E-state index contributed by atoms with van der Waals surface area (Å²) in [7, 11) is 0. The predicted molar refractivity (Wildman–Crippen MR) is 79.3 cm³/mol. The van der Waals surface area contributed by atoms with Crippen molar-refractivity contribution >= 4 is 0 Å². The topological polar surface area (TPSA) is 36.3 Å². The molecule has 1 atom stereocenters. The van der Waals surface area contributed by atoms with Crippen LogP contribution in [0.5, 0.6) is 0 Å². The van der Waals surface area contributed by atoms with Crippen LogP contribution in [0.4, 0.5) is 0 Å². The highest BCUT2D eigenvalue weighted by molar-refractivity contribution is 4.99. The van der Waals surface area contributed by atoms with Gasteiger partial charge in [0.1, 0.15) is 0 Å². The van der Waals surface area contributed by atoms with E-state index in [9.17, 15) is 5.26 Å². The molecule has 0 bridgehead atoms. The van der Waals surface area contributed by atoms with E-state index >= 15 is 0 Å². The lowest BCUT2D eigenvalue weighted by Crippen LogP contribution is -2.42. The van der Waals surface area contributed by atoms with Crippen molar-refractivity contribution in [2.45, 2.75) is 76.4 Å². The van der Waals surface area contributed by atoms with Crippen LogP contribution >= 0.6 is 0 Å². The molecule has 1 saturated carbocycles. The molecule has 1 unspecified atom stereocenters. The van der Waals surface area contributed by atoms with Gasteiger partial charge in [-0.25, -0.2) is 0 Å². The molecule has 0 radical (unpaired) electrons. The Labute approximate surface area is 123 Å². The summed E-state index contributed by atoms with van der Waals surface area (Å²) < 4.78 is 6.46. The second-order valence-electron chi connectivity index (χ2n) is 7.50. The van der Waals surface area contributed by atoms with Gasteiger partial charge in [0, 0.05) is 6.54 Å². The number of hydrogen-bond acceptors (Lipinski definition) is 3. The van der Waals surface area contributed by atoms with Crippen LogP contribution in [-0.4, -0.2) is 36.2 Å². The summed E-state index contributed by atoms with van der Waals surface area (Å²) in [5.41, 5.74) is 0.164. The fraction of sp³-hybridized carbons (Fsp3) is 0.941. The Kier molecular flexibility index (Phi) is 4.06. The molecule has 0 N–H and O–H groups in total. The Balaban J connectivity index is 1.47. The first-order valence-electron chi connectivity index (χ1n) is 8.45. The molecule has 1 aliphatic carbocycles. The number of hydrogen-bond donors (Lipinski definition) is 0. The van der Waals surface area contributed by atoms with Crippen molar-refractivity contribution in [2.24, 2.45) is 5.41 Å². The summed E-state index contributed by atoms with van der Waals surface area (Å²) in [4.78, 5) is 2.52. The largest absolute Gasteiger partial charge is 0.370 e. The van der Waals surface area contributed by atoms with Crippen molar-refractivity contribution in [1.29, 1.82) is 5.26 Å². The van der Waals surface area contributed by atoms with Gasteiger partial charge in [-0.3, -0.25) is 0 Å². The minimum Gasteiger partial charge on any atom is -0.370 e. The molecular formula is C17H28N2O. The molecule has 0 aromatic heterocycles. The molecule has 2 aliphatic heterocycles. The lowest BCUT2D eigenvalue weighted by Gasteiger charge is -2.37. The quantitative estimate of drug-likeness (QED) is 0.774. The third-order valence-electron chi connectivity index (χ3n) is 5.79. The lowest BCUT2D eigenvalue weighted by molar-refractivity contribution is -0.0742. The summed E-state index contributed by atoms with van der Waals surface area (Å²) in [6.45, 7) is 5.32. The number of ether oxygens (including phenoxy) is 1. The molecule has 3 nitrogen and oxygen atoms in total. The second-order valence-corrected chi connectivity index (χ2v) is 7.50. The minimum absolute atomic E-state index is 0.0857. The maximum absolute atomic E-state index is 9.19. The van der Waals surface area contributed by atoms with E-state index in [4.69, 9.17) is 4.74 Å². The van der Waals surface area contributed by atoms with Crippen LogP contribution in [0.2, 0.25) is 0 Å². The first kappa shape index (κ1) is 14.4. The van der Waals surface area contributed by atoms with E-state index in [-0.39, 0.29) is 11.0 Å². The molecule has 0 aromatic carbocycles. The first-order chi connectivity index (χ1) is 9.63. The van der Waals surface area contributed by atoms with Crippen molar-refractivity contribution in [3.05, 3.63) is 0 Å². The third-order valence-corrected chi connectivity index (χ3v) is 5.79. The van der Waals surface area contributed by atoms with E-state index in [2.05, 4.69) is 17.9 Å². The molecule has 3 heteroatoms. The fourth-order valence-electron chi connectivity index (χ4n) is 4.22. The maximum Gasteiger partial charge on any atom is 0.0710 e. The molecule has 3 rings (SSSR count). The van der Waals surface area contributed by atoms with Crippen molar-refractivity contribution in [2.75, 3.05) is 19.6 Å². The normalized spacial score (nSPS) is 33.1. The number of nitrogens with zero attached hydrogens (tertiary/aromatic N) is 2. The zero-order valence-corrected chi connectivity index (χ0v) is 12.9. The van der Waals surface area contributed by atoms with Crippen LogP contribution in [0, 0.1) is 16.7 Å². The molecule has 3 fully saturated rings. The summed E-state index contributed by atoms with van der Waals surface area (Å²) >= 11 is 0. The van der Waals surface area contributed by atoms with E-state index in [0.29, 0.717) is 6.10 Å². The van der Waals surface area contributed by atoms with E-state index < -0.39 is 0 Å². The average Bonchev–Trinajstić information content (AvgIpc) is 2.85. The lowest BCUT2D eigenvalue weighted by atomic mass is 9.82. The number of rotatable bonds is 2. The van der Waals surface area contributed by atoms with Crippen LogP contribution < -0.4 is 0 Å². The Bertz CT molecular complexity index is 373. The Hall–Kier alpha value is -0.590. The highest BCUT2D eigenvalue weighted by Gasteiger charge is 2.41. The average molecular weight is 276 g/mol. The maximum atomic E-state index is 9.19. The van der Waals surface area contributed by atoms with Gasteiger partial charge in [-0.1, -0.05) is 19.3 Å². The van der Waals surface area contributed by atoms with Gasteiger partial charge in [0.05, 0.1) is 23.2 Å². The molecule has 2 saturated heterocycles. The standard InChI is InChI=1S/C17H28N2O/c1-16(14-18)9-11-19(12-10-16)13-15-5-8-17(20-15)6-3-2-4-7-17/h15H,2-13H2,1H3. The molecule has 1 spiro atoms. The molecular weight excluding hydrogens is 248 g/mol. The van der Waals surface area contributed by atoms with Crippen molar-refractivity contribution in [3.63, 3.8) is 0 Å². The van der Waals surface area contributed by atoms with E-state index in [1.165, 1.54) is 44.9 Å². The highest BCUT2D eigenvalue weighted by Crippen LogP contribution is 2.42. The van der Waals surface area contributed by atoms with Crippen molar-refractivity contribution < 1.29 is 4.74 Å². The Morgan fingerprint density at radius 2 is 1.80 bits per heavy atom. The third kappa shape index (κ3) is 3.02. The zero-order valence-electron chi connectivity index (χ0n) is 12.9. The van der Waals surface area contributed by atoms with Gasteiger partial charge in [-0.05, 0) is 58.5 Å². The van der Waals surface area contributed by atoms with Crippen LogP contribution in [0.15, 0.2) is 0 Å². The molecule has 0 amide bonds. The van der Waals surface area contributed by atoms with Gasteiger partial charge in [0.15, 0.2) is 0 Å². The number of piperidine rings is 1. The molecule has 3 aliphatic rings. The molecule has 2 heterocycles. The fourth-order valence-corrected chi connectivity index (χ4v) is 4.22. The summed E-state index contributed by atoms with van der Waals surface area (Å²) in [6.07, 6.45) is 11.7. The molecule has 112 valence electrons. The summed E-state index contributed by atoms with van der Waals surface area (Å²) in [6, 6.07) is 2.48. The van der Waals surface area contributed by atoms with Gasteiger partial charge in [-0.2, -0.15) is 5.26 Å². The van der Waals surface area contributed by atoms with Crippen LogP contribution in [0.1, 0.15) is 64.7 Å². The van der Waals surface area contributed by atoms with E-state index in [0.717, 1.165) is 32.5 Å². The van der Waals surface area contributed by atoms with Gasteiger partial charge < -0.3 is 9.64 Å².